The number of benzene rings is 4. The SMILES string of the molecule is Cc1noc(-c2ccc(-c3ccc(C4(CC(=O)O)CC4)cc3)cc2)c1CC(CCc1ccccc1)c1ccccc1. The molecule has 1 fully saturated rings. The van der Waals surface area contributed by atoms with Gasteiger partial charge in [0.05, 0.1) is 12.1 Å². The molecule has 206 valence electrons. The topological polar surface area (TPSA) is 63.3 Å². The van der Waals surface area contributed by atoms with E-state index < -0.39 is 5.97 Å². The molecule has 0 amide bonds. The van der Waals surface area contributed by atoms with Crippen LogP contribution in [-0.4, -0.2) is 16.2 Å². The standard InChI is InChI=1S/C37H35NO3/c1-26-34(24-32(28-10-6-3-7-11-28)13-12-27-8-4-2-5-9-27)36(41-38-26)31-16-14-29(15-17-31)30-18-20-33(21-19-30)37(22-23-37)25-35(39)40/h2-11,14-21,32H,12-13,22-25H2,1H3,(H,39,40). The molecule has 6 rings (SSSR count). The molecule has 41 heavy (non-hydrogen) atoms. The van der Waals surface area contributed by atoms with E-state index in [2.05, 4.69) is 114 Å². The maximum Gasteiger partial charge on any atom is 0.304 e. The summed E-state index contributed by atoms with van der Waals surface area (Å²) >= 11 is 0. The Balaban J connectivity index is 1.21. The van der Waals surface area contributed by atoms with Crippen molar-refractivity contribution in [2.75, 3.05) is 0 Å². The molecule has 1 N–H and O–H groups in total. The first-order valence-corrected chi connectivity index (χ1v) is 14.5. The second-order valence-electron chi connectivity index (χ2n) is 11.4. The molecule has 1 aliphatic carbocycles. The summed E-state index contributed by atoms with van der Waals surface area (Å²) < 4.78 is 5.92. The molecule has 0 spiro atoms. The molecule has 1 unspecified atom stereocenters. The Hall–Kier alpha value is -4.44. The molecule has 5 aromatic rings. The molecular weight excluding hydrogens is 506 g/mol. The van der Waals surface area contributed by atoms with E-state index in [9.17, 15) is 9.90 Å². The lowest BCUT2D eigenvalue weighted by molar-refractivity contribution is -0.137. The van der Waals surface area contributed by atoms with Crippen LogP contribution < -0.4 is 0 Å². The average molecular weight is 542 g/mol. The van der Waals surface area contributed by atoms with Gasteiger partial charge < -0.3 is 9.63 Å². The molecular formula is C37H35NO3. The molecule has 4 nitrogen and oxygen atoms in total. The molecule has 0 radical (unpaired) electrons. The van der Waals surface area contributed by atoms with Gasteiger partial charge in [0.15, 0.2) is 5.76 Å². The number of carboxylic acids is 1. The minimum Gasteiger partial charge on any atom is -0.481 e. The number of hydrogen-bond donors (Lipinski definition) is 1. The fraction of sp³-hybridized carbons (Fsp3) is 0.243. The Morgan fingerprint density at radius 3 is 2.02 bits per heavy atom. The van der Waals surface area contributed by atoms with E-state index >= 15 is 0 Å². The van der Waals surface area contributed by atoms with Crippen molar-refractivity contribution in [3.63, 3.8) is 0 Å². The van der Waals surface area contributed by atoms with Crippen molar-refractivity contribution in [1.29, 1.82) is 0 Å². The molecule has 4 aromatic carbocycles. The van der Waals surface area contributed by atoms with Gasteiger partial charge in [-0.3, -0.25) is 4.79 Å². The van der Waals surface area contributed by atoms with Crippen LogP contribution in [0.1, 0.15) is 59.5 Å². The minimum absolute atomic E-state index is 0.173. The third-order valence-corrected chi connectivity index (χ3v) is 8.65. The van der Waals surface area contributed by atoms with Crippen LogP contribution in [0.25, 0.3) is 22.5 Å². The molecule has 1 saturated carbocycles. The number of nitrogens with zero attached hydrogens (tertiary/aromatic N) is 1. The highest BCUT2D eigenvalue weighted by molar-refractivity contribution is 5.72. The van der Waals surface area contributed by atoms with Gasteiger partial charge in [0.25, 0.3) is 0 Å². The maximum absolute atomic E-state index is 11.3. The van der Waals surface area contributed by atoms with Crippen LogP contribution in [0.2, 0.25) is 0 Å². The lowest BCUT2D eigenvalue weighted by Crippen LogP contribution is -2.12. The van der Waals surface area contributed by atoms with Crippen LogP contribution in [0.15, 0.2) is 114 Å². The van der Waals surface area contributed by atoms with Crippen LogP contribution in [-0.2, 0) is 23.1 Å². The number of aryl methyl sites for hydroxylation is 2. The van der Waals surface area contributed by atoms with Crippen molar-refractivity contribution in [3.05, 3.63) is 137 Å². The number of rotatable bonds is 11. The third kappa shape index (κ3) is 6.02. The van der Waals surface area contributed by atoms with E-state index in [1.165, 1.54) is 11.1 Å². The normalized spacial score (nSPS) is 14.5. The highest BCUT2D eigenvalue weighted by Crippen LogP contribution is 2.51. The van der Waals surface area contributed by atoms with Crippen LogP contribution >= 0.6 is 0 Å². The minimum atomic E-state index is -0.726. The second kappa shape index (κ2) is 11.6. The van der Waals surface area contributed by atoms with Gasteiger partial charge in [-0.15, -0.1) is 0 Å². The lowest BCUT2D eigenvalue weighted by Gasteiger charge is -2.18. The zero-order valence-electron chi connectivity index (χ0n) is 23.4. The number of carbonyl (C=O) groups is 1. The van der Waals surface area contributed by atoms with Crippen molar-refractivity contribution in [2.24, 2.45) is 0 Å². The van der Waals surface area contributed by atoms with Crippen LogP contribution in [0.4, 0.5) is 0 Å². The van der Waals surface area contributed by atoms with Gasteiger partial charge in [0.1, 0.15) is 0 Å². The molecule has 0 aliphatic heterocycles. The molecule has 1 atom stereocenters. The summed E-state index contributed by atoms with van der Waals surface area (Å²) in [6.07, 6.45) is 5.03. The monoisotopic (exact) mass is 541 g/mol. The van der Waals surface area contributed by atoms with E-state index in [1.54, 1.807) is 0 Å². The summed E-state index contributed by atoms with van der Waals surface area (Å²) in [6, 6.07) is 38.3. The largest absolute Gasteiger partial charge is 0.481 e. The summed E-state index contributed by atoms with van der Waals surface area (Å²) in [4.78, 5) is 11.3. The van der Waals surface area contributed by atoms with E-state index in [1.807, 2.05) is 6.92 Å². The van der Waals surface area contributed by atoms with E-state index in [-0.39, 0.29) is 11.8 Å². The Morgan fingerprint density at radius 2 is 1.41 bits per heavy atom. The number of carboxylic acid groups (broad SMARTS) is 1. The lowest BCUT2D eigenvalue weighted by atomic mass is 9.86. The molecule has 1 aromatic heterocycles. The van der Waals surface area contributed by atoms with Gasteiger partial charge >= 0.3 is 5.97 Å². The number of aliphatic carboxylic acids is 1. The average Bonchev–Trinajstić information content (AvgIpc) is 3.70. The molecule has 0 saturated heterocycles. The van der Waals surface area contributed by atoms with Gasteiger partial charge in [-0.1, -0.05) is 114 Å². The van der Waals surface area contributed by atoms with Crippen LogP contribution in [0.5, 0.6) is 0 Å². The molecule has 4 heteroatoms. The van der Waals surface area contributed by atoms with Crippen LogP contribution in [0, 0.1) is 6.92 Å². The molecule has 1 aliphatic rings. The first-order chi connectivity index (χ1) is 20.0. The predicted molar refractivity (Wildman–Crippen MR) is 163 cm³/mol. The van der Waals surface area contributed by atoms with Crippen LogP contribution in [0.3, 0.4) is 0 Å². The zero-order chi connectivity index (χ0) is 28.2. The van der Waals surface area contributed by atoms with Crippen molar-refractivity contribution < 1.29 is 14.4 Å². The van der Waals surface area contributed by atoms with Crippen molar-refractivity contribution in [1.82, 2.24) is 5.16 Å². The van der Waals surface area contributed by atoms with Crippen molar-refractivity contribution in [2.45, 2.75) is 56.8 Å². The predicted octanol–water partition coefficient (Wildman–Crippen LogP) is 8.78. The quantitative estimate of drug-likeness (QED) is 0.181. The third-order valence-electron chi connectivity index (χ3n) is 8.65. The van der Waals surface area contributed by atoms with E-state index in [0.29, 0.717) is 5.92 Å². The first kappa shape index (κ1) is 26.8. The number of hydrogen-bond acceptors (Lipinski definition) is 3. The summed E-state index contributed by atoms with van der Waals surface area (Å²) in [5.41, 5.74) is 9.01. The summed E-state index contributed by atoms with van der Waals surface area (Å²) in [7, 11) is 0. The highest BCUT2D eigenvalue weighted by atomic mass is 16.5. The fourth-order valence-electron chi connectivity index (χ4n) is 6.04. The first-order valence-electron chi connectivity index (χ1n) is 14.5. The Morgan fingerprint density at radius 1 is 0.829 bits per heavy atom. The fourth-order valence-corrected chi connectivity index (χ4v) is 6.04. The van der Waals surface area contributed by atoms with Gasteiger partial charge in [0.2, 0.25) is 0 Å². The zero-order valence-corrected chi connectivity index (χ0v) is 23.4. The van der Waals surface area contributed by atoms with Crippen molar-refractivity contribution in [3.8, 4) is 22.5 Å². The van der Waals surface area contributed by atoms with Gasteiger partial charge in [-0.25, -0.2) is 0 Å². The Bertz CT molecular complexity index is 1600. The summed E-state index contributed by atoms with van der Waals surface area (Å²) in [6.45, 7) is 2.04. The van der Waals surface area contributed by atoms with Gasteiger partial charge in [0, 0.05) is 16.5 Å². The highest BCUT2D eigenvalue weighted by Gasteiger charge is 2.45. The van der Waals surface area contributed by atoms with E-state index in [0.717, 1.165) is 71.4 Å². The smallest absolute Gasteiger partial charge is 0.304 e. The summed E-state index contributed by atoms with van der Waals surface area (Å²) in [5.74, 6) is 0.465. The summed E-state index contributed by atoms with van der Waals surface area (Å²) in [5, 5.41) is 13.7. The Labute approximate surface area is 241 Å². The van der Waals surface area contributed by atoms with Gasteiger partial charge in [-0.05, 0) is 72.8 Å². The number of aromatic nitrogens is 1. The molecule has 0 bridgehead atoms. The van der Waals surface area contributed by atoms with Crippen molar-refractivity contribution >= 4 is 5.97 Å². The Kier molecular flexibility index (Phi) is 7.56. The second-order valence-corrected chi connectivity index (χ2v) is 11.4. The molecule has 1 heterocycles. The van der Waals surface area contributed by atoms with Gasteiger partial charge in [-0.2, -0.15) is 0 Å². The maximum atomic E-state index is 11.3. The van der Waals surface area contributed by atoms with E-state index in [4.69, 9.17) is 4.52 Å².